The molecule has 2 N–H and O–H groups in total. The zero-order valence-corrected chi connectivity index (χ0v) is 14.6. The maximum atomic E-state index is 11.9. The molecule has 0 aromatic carbocycles. The number of nitrogens with one attached hydrogen (secondary N) is 2. The van der Waals surface area contributed by atoms with Crippen LogP contribution < -0.4 is 21.3 Å². The van der Waals surface area contributed by atoms with E-state index in [1.54, 1.807) is 18.3 Å². The van der Waals surface area contributed by atoms with E-state index in [4.69, 9.17) is 0 Å². The lowest BCUT2D eigenvalue weighted by Crippen LogP contribution is -2.45. The van der Waals surface area contributed by atoms with Crippen LogP contribution >= 0.6 is 0 Å². The highest BCUT2D eigenvalue weighted by molar-refractivity contribution is 5.40. The van der Waals surface area contributed by atoms with E-state index in [0.29, 0.717) is 12.4 Å². The van der Waals surface area contributed by atoms with Crippen LogP contribution in [0.2, 0.25) is 0 Å². The largest absolute Gasteiger partial charge is 0.363 e. The van der Waals surface area contributed by atoms with Crippen molar-refractivity contribution >= 4 is 11.6 Å². The molecule has 3 rings (SSSR count). The SMILES string of the molecule is CC(C)n1nc(N2CCCCC2CNc2ncc[nH]c2=O)ccc1=O. The van der Waals surface area contributed by atoms with Gasteiger partial charge in [0.1, 0.15) is 5.82 Å². The van der Waals surface area contributed by atoms with Crippen molar-refractivity contribution in [3.8, 4) is 0 Å². The minimum atomic E-state index is -0.226. The third-order valence-electron chi connectivity index (χ3n) is 4.43. The zero-order valence-electron chi connectivity index (χ0n) is 14.6. The van der Waals surface area contributed by atoms with Crippen LogP contribution in [-0.2, 0) is 0 Å². The summed E-state index contributed by atoms with van der Waals surface area (Å²) >= 11 is 0. The molecular weight excluding hydrogens is 320 g/mol. The Morgan fingerprint density at radius 3 is 2.92 bits per heavy atom. The molecule has 0 aliphatic carbocycles. The van der Waals surface area contributed by atoms with Crippen LogP contribution in [0.15, 0.2) is 34.1 Å². The fraction of sp³-hybridized carbons (Fsp3) is 0.529. The molecule has 1 saturated heterocycles. The van der Waals surface area contributed by atoms with E-state index in [1.165, 1.54) is 10.9 Å². The van der Waals surface area contributed by atoms with Gasteiger partial charge in [0.05, 0.1) is 6.04 Å². The smallest absolute Gasteiger partial charge is 0.290 e. The molecule has 134 valence electrons. The number of piperidine rings is 1. The van der Waals surface area contributed by atoms with Crippen LogP contribution in [0.25, 0.3) is 0 Å². The summed E-state index contributed by atoms with van der Waals surface area (Å²) in [6.45, 7) is 5.37. The van der Waals surface area contributed by atoms with Gasteiger partial charge in [-0.2, -0.15) is 5.10 Å². The molecule has 2 aromatic heterocycles. The fourth-order valence-electron chi connectivity index (χ4n) is 3.14. The van der Waals surface area contributed by atoms with Crippen molar-refractivity contribution in [2.24, 2.45) is 0 Å². The Morgan fingerprint density at radius 2 is 2.16 bits per heavy atom. The number of anilines is 2. The Hall–Kier alpha value is -2.64. The maximum absolute atomic E-state index is 11.9. The molecule has 0 amide bonds. The highest BCUT2D eigenvalue weighted by Crippen LogP contribution is 2.22. The number of rotatable bonds is 5. The number of aromatic nitrogens is 4. The molecule has 2 aromatic rings. The summed E-state index contributed by atoms with van der Waals surface area (Å²) in [4.78, 5) is 32.6. The Labute approximate surface area is 145 Å². The second-order valence-electron chi connectivity index (χ2n) is 6.56. The summed E-state index contributed by atoms with van der Waals surface area (Å²) in [5.74, 6) is 1.13. The van der Waals surface area contributed by atoms with Crippen LogP contribution in [0.5, 0.6) is 0 Å². The van der Waals surface area contributed by atoms with Gasteiger partial charge in [0, 0.05) is 37.6 Å². The van der Waals surface area contributed by atoms with Gasteiger partial charge in [-0.15, -0.1) is 0 Å². The van der Waals surface area contributed by atoms with E-state index >= 15 is 0 Å². The summed E-state index contributed by atoms with van der Waals surface area (Å²) in [6.07, 6.45) is 6.29. The van der Waals surface area contributed by atoms with Gasteiger partial charge in [0.15, 0.2) is 5.82 Å². The van der Waals surface area contributed by atoms with E-state index < -0.39 is 0 Å². The number of hydrogen-bond donors (Lipinski definition) is 2. The highest BCUT2D eigenvalue weighted by Gasteiger charge is 2.24. The van der Waals surface area contributed by atoms with Gasteiger partial charge in [-0.3, -0.25) is 9.59 Å². The molecule has 8 nitrogen and oxygen atoms in total. The molecule has 1 atom stereocenters. The van der Waals surface area contributed by atoms with Crippen LogP contribution in [0.1, 0.15) is 39.2 Å². The van der Waals surface area contributed by atoms with Gasteiger partial charge in [0.2, 0.25) is 0 Å². The van der Waals surface area contributed by atoms with E-state index in [9.17, 15) is 9.59 Å². The first-order valence-electron chi connectivity index (χ1n) is 8.70. The van der Waals surface area contributed by atoms with E-state index in [0.717, 1.165) is 31.6 Å². The predicted octanol–water partition coefficient (Wildman–Crippen LogP) is 1.38. The van der Waals surface area contributed by atoms with Gasteiger partial charge in [0.25, 0.3) is 11.1 Å². The topological polar surface area (TPSA) is 95.9 Å². The Kier molecular flexibility index (Phi) is 5.16. The van der Waals surface area contributed by atoms with Crippen molar-refractivity contribution in [2.75, 3.05) is 23.3 Å². The van der Waals surface area contributed by atoms with Crippen LogP contribution in [0, 0.1) is 0 Å². The highest BCUT2D eigenvalue weighted by atomic mass is 16.1. The zero-order chi connectivity index (χ0) is 17.8. The average Bonchev–Trinajstić information content (AvgIpc) is 2.61. The molecule has 0 radical (unpaired) electrons. The van der Waals surface area contributed by atoms with Gasteiger partial charge in [-0.05, 0) is 39.2 Å². The minimum Gasteiger partial charge on any atom is -0.363 e. The standard InChI is InChI=1S/C17H24N6O2/c1-12(2)23-15(24)7-6-14(21-23)22-10-4-3-5-13(22)11-20-16-17(25)19-9-8-18-16/h6-9,12-13H,3-5,10-11H2,1-2H3,(H,18,20)(H,19,25). The summed E-state index contributed by atoms with van der Waals surface area (Å²) in [6, 6.07) is 3.57. The molecule has 1 aliphatic rings. The van der Waals surface area contributed by atoms with Crippen LogP contribution in [0.4, 0.5) is 11.6 Å². The first-order chi connectivity index (χ1) is 12.1. The number of hydrogen-bond acceptors (Lipinski definition) is 6. The van der Waals surface area contributed by atoms with Gasteiger partial charge in [-0.1, -0.05) is 0 Å². The molecule has 8 heteroatoms. The molecule has 1 aliphatic heterocycles. The Balaban J connectivity index is 1.79. The third-order valence-corrected chi connectivity index (χ3v) is 4.43. The Bertz CT molecular complexity index is 828. The lowest BCUT2D eigenvalue weighted by atomic mass is 10.0. The Morgan fingerprint density at radius 1 is 1.32 bits per heavy atom. The molecule has 25 heavy (non-hydrogen) atoms. The van der Waals surface area contributed by atoms with Gasteiger partial charge in [-0.25, -0.2) is 9.67 Å². The molecule has 0 spiro atoms. The number of H-pyrrole nitrogens is 1. The van der Waals surface area contributed by atoms with Gasteiger partial charge < -0.3 is 15.2 Å². The van der Waals surface area contributed by atoms with E-state index in [1.807, 2.05) is 13.8 Å². The third kappa shape index (κ3) is 3.89. The monoisotopic (exact) mass is 344 g/mol. The average molecular weight is 344 g/mol. The first-order valence-corrected chi connectivity index (χ1v) is 8.70. The molecule has 1 fully saturated rings. The number of aromatic amines is 1. The predicted molar refractivity (Wildman–Crippen MR) is 97.2 cm³/mol. The lowest BCUT2D eigenvalue weighted by molar-refractivity contribution is 0.451. The summed E-state index contributed by atoms with van der Waals surface area (Å²) in [7, 11) is 0. The lowest BCUT2D eigenvalue weighted by Gasteiger charge is -2.37. The first kappa shape index (κ1) is 17.2. The van der Waals surface area contributed by atoms with Crippen molar-refractivity contribution < 1.29 is 0 Å². The summed E-state index contributed by atoms with van der Waals surface area (Å²) in [5, 5.41) is 7.68. The quantitative estimate of drug-likeness (QED) is 0.851. The van der Waals surface area contributed by atoms with Crippen molar-refractivity contribution in [1.82, 2.24) is 19.7 Å². The maximum Gasteiger partial charge on any atom is 0.290 e. The summed E-state index contributed by atoms with van der Waals surface area (Å²) < 4.78 is 1.51. The number of nitrogens with zero attached hydrogens (tertiary/aromatic N) is 4. The second kappa shape index (κ2) is 7.50. The van der Waals surface area contributed by atoms with E-state index in [2.05, 4.69) is 25.3 Å². The van der Waals surface area contributed by atoms with Crippen molar-refractivity contribution in [2.45, 2.75) is 45.2 Å². The molecule has 3 heterocycles. The molecule has 1 unspecified atom stereocenters. The van der Waals surface area contributed by atoms with Crippen LogP contribution in [-0.4, -0.2) is 38.9 Å². The van der Waals surface area contributed by atoms with Crippen molar-refractivity contribution in [3.63, 3.8) is 0 Å². The van der Waals surface area contributed by atoms with Gasteiger partial charge >= 0.3 is 0 Å². The second-order valence-corrected chi connectivity index (χ2v) is 6.56. The summed E-state index contributed by atoms with van der Waals surface area (Å²) in [5.41, 5.74) is -0.318. The normalized spacial score (nSPS) is 17.7. The van der Waals surface area contributed by atoms with Crippen molar-refractivity contribution in [3.05, 3.63) is 45.2 Å². The molecule has 0 saturated carbocycles. The molecular formula is C17H24N6O2. The minimum absolute atomic E-state index is 0.0147. The van der Waals surface area contributed by atoms with Crippen molar-refractivity contribution in [1.29, 1.82) is 0 Å². The molecule has 0 bridgehead atoms. The fourth-order valence-corrected chi connectivity index (χ4v) is 3.14. The van der Waals surface area contributed by atoms with Crippen LogP contribution in [0.3, 0.4) is 0 Å². The van der Waals surface area contributed by atoms with E-state index in [-0.39, 0.29) is 23.2 Å².